The summed E-state index contributed by atoms with van der Waals surface area (Å²) in [6.45, 7) is 7.59. The number of ether oxygens (including phenoxy) is 1. The number of halogens is 3. The predicted molar refractivity (Wildman–Crippen MR) is 96.0 cm³/mol. The Hall–Kier alpha value is -1.76. The molecule has 0 bridgehead atoms. The molecule has 4 nitrogen and oxygen atoms in total. The van der Waals surface area contributed by atoms with E-state index < -0.39 is 46.6 Å². The fraction of sp³-hybridized carbons (Fsp3) is 0.650. The summed E-state index contributed by atoms with van der Waals surface area (Å²) in [5.41, 5.74) is -4.04. The van der Waals surface area contributed by atoms with Crippen LogP contribution in [0.3, 0.4) is 0 Å². The van der Waals surface area contributed by atoms with Gasteiger partial charge in [-0.1, -0.05) is 18.6 Å². The number of aliphatic hydroxyl groups is 1. The maximum absolute atomic E-state index is 15.0. The van der Waals surface area contributed by atoms with E-state index in [2.05, 4.69) is 5.32 Å². The van der Waals surface area contributed by atoms with E-state index >= 15 is 0 Å². The van der Waals surface area contributed by atoms with Crippen LogP contribution in [0.4, 0.5) is 18.0 Å². The van der Waals surface area contributed by atoms with Gasteiger partial charge in [-0.2, -0.15) is 8.78 Å². The Kier molecular flexibility index (Phi) is 5.85. The quantitative estimate of drug-likeness (QED) is 0.743. The van der Waals surface area contributed by atoms with E-state index in [-0.39, 0.29) is 5.56 Å². The van der Waals surface area contributed by atoms with Gasteiger partial charge >= 0.3 is 12.0 Å². The van der Waals surface area contributed by atoms with Crippen molar-refractivity contribution in [1.82, 2.24) is 5.32 Å². The molecule has 1 aromatic rings. The molecule has 2 atom stereocenters. The van der Waals surface area contributed by atoms with Gasteiger partial charge < -0.3 is 15.2 Å². The standard InChI is InChI=1S/C20H28F3NO3/c1-12(24-17(25)27-18(2,3)4)14-10-7-11-15(16(14)21)20(22,23)19(5,26)13-8-6-9-13/h7,10-13,26H,6,8-9H2,1-5H3,(H,24,25)/t12-,19-/m1/s1. The first-order valence-electron chi connectivity index (χ1n) is 9.16. The number of benzene rings is 1. The lowest BCUT2D eigenvalue weighted by molar-refractivity contribution is -0.218. The number of hydrogen-bond donors (Lipinski definition) is 2. The van der Waals surface area contributed by atoms with E-state index in [1.807, 2.05) is 0 Å². The van der Waals surface area contributed by atoms with Gasteiger partial charge in [0.15, 0.2) is 0 Å². The molecule has 7 heteroatoms. The van der Waals surface area contributed by atoms with Crippen LogP contribution in [0, 0.1) is 11.7 Å². The molecule has 0 heterocycles. The van der Waals surface area contributed by atoms with Gasteiger partial charge in [-0.05, 0) is 59.4 Å². The second-order valence-corrected chi connectivity index (χ2v) is 8.43. The van der Waals surface area contributed by atoms with Gasteiger partial charge in [-0.15, -0.1) is 0 Å². The zero-order chi connectivity index (χ0) is 20.6. The van der Waals surface area contributed by atoms with Crippen molar-refractivity contribution in [1.29, 1.82) is 0 Å². The molecule has 2 N–H and O–H groups in total. The second-order valence-electron chi connectivity index (χ2n) is 8.43. The van der Waals surface area contributed by atoms with Gasteiger partial charge in [0.2, 0.25) is 0 Å². The Labute approximate surface area is 158 Å². The third kappa shape index (κ3) is 4.39. The summed E-state index contributed by atoms with van der Waals surface area (Å²) >= 11 is 0. The van der Waals surface area contributed by atoms with Crippen LogP contribution in [0.5, 0.6) is 0 Å². The number of hydrogen-bond acceptors (Lipinski definition) is 3. The van der Waals surface area contributed by atoms with E-state index in [0.717, 1.165) is 19.4 Å². The molecule has 0 saturated heterocycles. The van der Waals surface area contributed by atoms with Gasteiger partial charge in [0.25, 0.3) is 0 Å². The first kappa shape index (κ1) is 21.5. The average Bonchev–Trinajstić information content (AvgIpc) is 2.42. The summed E-state index contributed by atoms with van der Waals surface area (Å²) in [7, 11) is 0. The van der Waals surface area contributed by atoms with Crippen LogP contribution in [-0.4, -0.2) is 22.4 Å². The second kappa shape index (κ2) is 7.34. The molecule has 0 spiro atoms. The number of nitrogens with one attached hydrogen (secondary N) is 1. The first-order valence-corrected chi connectivity index (χ1v) is 9.16. The largest absolute Gasteiger partial charge is 0.444 e. The van der Waals surface area contributed by atoms with Crippen LogP contribution < -0.4 is 5.32 Å². The van der Waals surface area contributed by atoms with Crippen LogP contribution in [-0.2, 0) is 10.7 Å². The van der Waals surface area contributed by atoms with E-state index in [1.54, 1.807) is 20.8 Å². The maximum Gasteiger partial charge on any atom is 0.408 e. The third-order valence-electron chi connectivity index (χ3n) is 5.10. The number of amides is 1. The highest BCUT2D eigenvalue weighted by Crippen LogP contribution is 2.50. The van der Waals surface area contributed by atoms with E-state index in [0.29, 0.717) is 12.8 Å². The lowest BCUT2D eigenvalue weighted by atomic mass is 9.69. The number of carbonyl (C=O) groups excluding carboxylic acids is 1. The Bertz CT molecular complexity index is 694. The Morgan fingerprint density at radius 2 is 1.85 bits per heavy atom. The van der Waals surface area contributed by atoms with Crippen molar-refractivity contribution in [3.8, 4) is 0 Å². The van der Waals surface area contributed by atoms with Gasteiger partial charge in [0, 0.05) is 5.56 Å². The van der Waals surface area contributed by atoms with Crippen LogP contribution in [0.25, 0.3) is 0 Å². The van der Waals surface area contributed by atoms with Gasteiger partial charge in [0.05, 0.1) is 11.6 Å². The number of alkyl carbamates (subject to hydrolysis) is 1. The van der Waals surface area contributed by atoms with Crippen molar-refractivity contribution in [3.05, 3.63) is 35.1 Å². The highest BCUT2D eigenvalue weighted by Gasteiger charge is 2.57. The minimum absolute atomic E-state index is 0.0950. The summed E-state index contributed by atoms with van der Waals surface area (Å²) in [6.07, 6.45) is 0.977. The normalized spacial score (nSPS) is 19.0. The highest BCUT2D eigenvalue weighted by atomic mass is 19.3. The SMILES string of the molecule is C[C@@H](NC(=O)OC(C)(C)C)c1cccc(C(F)(F)[C@](C)(O)C2CCC2)c1F. The predicted octanol–water partition coefficient (Wildman–Crippen LogP) is 5.05. The van der Waals surface area contributed by atoms with Crippen LogP contribution in [0.15, 0.2) is 18.2 Å². The van der Waals surface area contributed by atoms with Gasteiger partial charge in [-0.3, -0.25) is 0 Å². The Morgan fingerprint density at radius 3 is 2.33 bits per heavy atom. The molecule has 152 valence electrons. The maximum atomic E-state index is 15.0. The summed E-state index contributed by atoms with van der Waals surface area (Å²) in [5.74, 6) is -5.47. The average molecular weight is 387 g/mol. The molecule has 0 aromatic heterocycles. The molecule has 0 unspecified atom stereocenters. The van der Waals surface area contributed by atoms with Crippen molar-refractivity contribution in [2.75, 3.05) is 0 Å². The van der Waals surface area contributed by atoms with Gasteiger partial charge in [0.1, 0.15) is 17.0 Å². The third-order valence-corrected chi connectivity index (χ3v) is 5.10. The molecule has 1 aliphatic rings. The smallest absolute Gasteiger partial charge is 0.408 e. The molecule has 0 aliphatic heterocycles. The number of rotatable bonds is 5. The van der Waals surface area contributed by atoms with E-state index in [9.17, 15) is 23.1 Å². The minimum atomic E-state index is -3.76. The topological polar surface area (TPSA) is 58.6 Å². The van der Waals surface area contributed by atoms with Crippen molar-refractivity contribution in [2.24, 2.45) is 5.92 Å². The fourth-order valence-corrected chi connectivity index (χ4v) is 3.19. The Morgan fingerprint density at radius 1 is 1.26 bits per heavy atom. The minimum Gasteiger partial charge on any atom is -0.444 e. The molecule has 1 saturated carbocycles. The van der Waals surface area contributed by atoms with Crippen LogP contribution >= 0.6 is 0 Å². The summed E-state index contributed by atoms with van der Waals surface area (Å²) in [5, 5.41) is 12.9. The van der Waals surface area contributed by atoms with E-state index in [4.69, 9.17) is 4.74 Å². The fourth-order valence-electron chi connectivity index (χ4n) is 3.19. The monoisotopic (exact) mass is 387 g/mol. The molecule has 1 fully saturated rings. The van der Waals surface area contributed by atoms with Gasteiger partial charge in [-0.25, -0.2) is 9.18 Å². The molecule has 1 aliphatic carbocycles. The zero-order valence-electron chi connectivity index (χ0n) is 16.4. The molecule has 1 amide bonds. The van der Waals surface area contributed by atoms with Crippen LogP contribution in [0.1, 0.15) is 71.0 Å². The Balaban J connectivity index is 2.28. The molecular weight excluding hydrogens is 359 g/mol. The van der Waals surface area contributed by atoms with E-state index in [1.165, 1.54) is 19.1 Å². The first-order chi connectivity index (χ1) is 12.3. The lowest BCUT2D eigenvalue weighted by Gasteiger charge is -2.43. The molecular formula is C20H28F3NO3. The van der Waals surface area contributed by atoms with Crippen molar-refractivity contribution in [3.63, 3.8) is 0 Å². The van der Waals surface area contributed by atoms with Crippen molar-refractivity contribution < 1.29 is 27.8 Å². The number of alkyl halides is 2. The zero-order valence-corrected chi connectivity index (χ0v) is 16.4. The van der Waals surface area contributed by atoms with Crippen LogP contribution in [0.2, 0.25) is 0 Å². The van der Waals surface area contributed by atoms with Crippen molar-refractivity contribution >= 4 is 6.09 Å². The highest BCUT2D eigenvalue weighted by molar-refractivity contribution is 5.68. The molecule has 27 heavy (non-hydrogen) atoms. The number of carbonyl (C=O) groups is 1. The molecule has 2 rings (SSSR count). The summed E-state index contributed by atoms with van der Waals surface area (Å²) in [4.78, 5) is 11.9. The lowest BCUT2D eigenvalue weighted by Crippen LogP contribution is -2.52. The molecule has 1 aromatic carbocycles. The summed E-state index contributed by atoms with van der Waals surface area (Å²) in [6, 6.07) is 2.72. The van der Waals surface area contributed by atoms with Crippen molar-refractivity contribution in [2.45, 2.75) is 77.0 Å². The molecule has 0 radical (unpaired) electrons. The summed E-state index contributed by atoms with van der Waals surface area (Å²) < 4.78 is 50.0.